The van der Waals surface area contributed by atoms with Crippen LogP contribution in [0.1, 0.15) is 0 Å². The molecule has 0 spiro atoms. The van der Waals surface area contributed by atoms with Gasteiger partial charge in [-0.2, -0.15) is 0 Å². The maximum Gasteiger partial charge on any atom is 0.0428 e. The minimum atomic E-state index is 0.730. The molecular formula is C13H13ClN2. The quantitative estimate of drug-likeness (QED) is 0.801. The van der Waals surface area contributed by atoms with Crippen molar-refractivity contribution in [1.82, 2.24) is 0 Å². The number of hydrogen-bond donors (Lipinski definition) is 1. The van der Waals surface area contributed by atoms with E-state index >= 15 is 0 Å². The first-order chi connectivity index (χ1) is 7.66. The van der Waals surface area contributed by atoms with Gasteiger partial charge in [-0.05, 0) is 36.4 Å². The van der Waals surface area contributed by atoms with E-state index in [1.807, 2.05) is 60.5 Å². The second-order valence-electron chi connectivity index (χ2n) is 3.63. The van der Waals surface area contributed by atoms with E-state index in [1.165, 1.54) is 0 Å². The van der Waals surface area contributed by atoms with Crippen LogP contribution in [0, 0.1) is 0 Å². The smallest absolute Gasteiger partial charge is 0.0428 e. The summed E-state index contributed by atoms with van der Waals surface area (Å²) in [7, 11) is 1.99. The van der Waals surface area contributed by atoms with Gasteiger partial charge in [0.15, 0.2) is 0 Å². The molecule has 3 heteroatoms. The predicted molar refractivity (Wildman–Crippen MR) is 70.4 cm³/mol. The number of nitrogens with zero attached hydrogens (tertiary/aromatic N) is 1. The monoisotopic (exact) mass is 232 g/mol. The number of benzene rings is 2. The Morgan fingerprint density at radius 3 is 2.25 bits per heavy atom. The molecule has 0 atom stereocenters. The van der Waals surface area contributed by atoms with Crippen molar-refractivity contribution in [2.45, 2.75) is 0 Å². The summed E-state index contributed by atoms with van der Waals surface area (Å²) >= 11 is 5.96. The maximum atomic E-state index is 5.96. The van der Waals surface area contributed by atoms with Crippen molar-refractivity contribution in [3.8, 4) is 0 Å². The Balaban J connectivity index is 2.35. The molecule has 2 aromatic carbocycles. The topological polar surface area (TPSA) is 29.3 Å². The van der Waals surface area contributed by atoms with E-state index in [4.69, 9.17) is 17.3 Å². The van der Waals surface area contributed by atoms with Crippen molar-refractivity contribution in [3.63, 3.8) is 0 Å². The molecule has 2 N–H and O–H groups in total. The van der Waals surface area contributed by atoms with Gasteiger partial charge in [0.25, 0.3) is 0 Å². The molecule has 16 heavy (non-hydrogen) atoms. The highest BCUT2D eigenvalue weighted by Crippen LogP contribution is 2.26. The molecule has 0 saturated heterocycles. The molecule has 0 saturated carbocycles. The third-order valence-electron chi connectivity index (χ3n) is 2.45. The Kier molecular flexibility index (Phi) is 3.02. The lowest BCUT2D eigenvalue weighted by Gasteiger charge is -2.19. The number of nitrogens with two attached hydrogens (primary N) is 1. The van der Waals surface area contributed by atoms with Crippen molar-refractivity contribution < 1.29 is 0 Å². The van der Waals surface area contributed by atoms with Crippen molar-refractivity contribution >= 4 is 28.7 Å². The Hall–Kier alpha value is -1.67. The summed E-state index contributed by atoms with van der Waals surface area (Å²) in [5.41, 5.74) is 8.59. The summed E-state index contributed by atoms with van der Waals surface area (Å²) in [5, 5.41) is 0.730. The molecule has 0 aromatic heterocycles. The number of rotatable bonds is 2. The molecule has 0 radical (unpaired) electrons. The molecule has 0 heterocycles. The van der Waals surface area contributed by atoms with Crippen molar-refractivity contribution in [2.75, 3.05) is 17.7 Å². The molecule has 2 aromatic rings. The lowest BCUT2D eigenvalue weighted by molar-refractivity contribution is 1.21. The molecule has 0 aliphatic heterocycles. The summed E-state index contributed by atoms with van der Waals surface area (Å²) in [5.74, 6) is 0. The van der Waals surface area contributed by atoms with Crippen LogP contribution in [0.25, 0.3) is 0 Å². The van der Waals surface area contributed by atoms with Gasteiger partial charge < -0.3 is 10.6 Å². The molecule has 0 unspecified atom stereocenters. The van der Waals surface area contributed by atoms with Crippen LogP contribution in [-0.4, -0.2) is 7.05 Å². The molecule has 0 fully saturated rings. The van der Waals surface area contributed by atoms with Crippen LogP contribution in [0.15, 0.2) is 48.5 Å². The van der Waals surface area contributed by atoms with E-state index < -0.39 is 0 Å². The van der Waals surface area contributed by atoms with Gasteiger partial charge in [0.2, 0.25) is 0 Å². The number of halogens is 1. The van der Waals surface area contributed by atoms with E-state index in [0.29, 0.717) is 0 Å². The van der Waals surface area contributed by atoms with Gasteiger partial charge in [-0.25, -0.2) is 0 Å². The van der Waals surface area contributed by atoms with Crippen molar-refractivity contribution in [2.24, 2.45) is 0 Å². The first-order valence-electron chi connectivity index (χ1n) is 5.01. The highest BCUT2D eigenvalue weighted by molar-refractivity contribution is 6.30. The molecule has 0 aliphatic rings. The van der Waals surface area contributed by atoms with Crippen LogP contribution in [0.2, 0.25) is 5.02 Å². The van der Waals surface area contributed by atoms with Crippen LogP contribution < -0.4 is 10.6 Å². The summed E-state index contributed by atoms with van der Waals surface area (Å²) in [6.45, 7) is 0. The summed E-state index contributed by atoms with van der Waals surface area (Å²) in [6.07, 6.45) is 0. The fraction of sp³-hybridized carbons (Fsp3) is 0.0769. The first-order valence-corrected chi connectivity index (χ1v) is 5.39. The lowest BCUT2D eigenvalue weighted by atomic mass is 10.2. The zero-order valence-electron chi connectivity index (χ0n) is 9.02. The van der Waals surface area contributed by atoms with Gasteiger partial charge >= 0.3 is 0 Å². The van der Waals surface area contributed by atoms with Gasteiger partial charge in [-0.15, -0.1) is 0 Å². The highest BCUT2D eigenvalue weighted by atomic mass is 35.5. The average molecular weight is 233 g/mol. The van der Waals surface area contributed by atoms with Gasteiger partial charge in [0, 0.05) is 29.1 Å². The zero-order chi connectivity index (χ0) is 11.5. The summed E-state index contributed by atoms with van der Waals surface area (Å²) in [4.78, 5) is 2.04. The Bertz CT molecular complexity index is 451. The number of hydrogen-bond acceptors (Lipinski definition) is 2. The van der Waals surface area contributed by atoms with E-state index in [-0.39, 0.29) is 0 Å². The fourth-order valence-electron chi connectivity index (χ4n) is 1.57. The summed E-state index contributed by atoms with van der Waals surface area (Å²) < 4.78 is 0. The minimum Gasteiger partial charge on any atom is -0.399 e. The molecule has 2 nitrogen and oxygen atoms in total. The number of nitrogen functional groups attached to an aromatic ring is 1. The molecule has 0 bridgehead atoms. The van der Waals surface area contributed by atoms with Crippen LogP contribution >= 0.6 is 11.6 Å². The Morgan fingerprint density at radius 1 is 1.00 bits per heavy atom. The van der Waals surface area contributed by atoms with E-state index in [2.05, 4.69) is 0 Å². The predicted octanol–water partition coefficient (Wildman–Crippen LogP) is 3.69. The van der Waals surface area contributed by atoms with Gasteiger partial charge in [-0.1, -0.05) is 23.7 Å². The normalized spacial score (nSPS) is 10.1. The fourth-order valence-corrected chi connectivity index (χ4v) is 1.75. The van der Waals surface area contributed by atoms with Crippen molar-refractivity contribution in [1.29, 1.82) is 0 Å². The lowest BCUT2D eigenvalue weighted by Crippen LogP contribution is -2.09. The number of anilines is 3. The second kappa shape index (κ2) is 4.45. The van der Waals surface area contributed by atoms with E-state index in [9.17, 15) is 0 Å². The van der Waals surface area contributed by atoms with Crippen LogP contribution in [0.5, 0.6) is 0 Å². The molecule has 0 amide bonds. The van der Waals surface area contributed by atoms with Gasteiger partial charge in [-0.3, -0.25) is 0 Å². The van der Waals surface area contributed by atoms with Crippen LogP contribution in [0.4, 0.5) is 17.1 Å². The van der Waals surface area contributed by atoms with E-state index in [1.54, 1.807) is 0 Å². The van der Waals surface area contributed by atoms with Gasteiger partial charge in [0.05, 0.1) is 0 Å². The first kappa shape index (κ1) is 10.8. The Morgan fingerprint density at radius 2 is 1.62 bits per heavy atom. The van der Waals surface area contributed by atoms with Crippen LogP contribution in [-0.2, 0) is 0 Å². The maximum absolute atomic E-state index is 5.96. The standard InChI is InChI=1S/C13H13ClN2/c1-16(12-6-2-4-10(14)8-12)13-7-3-5-11(15)9-13/h2-9H,15H2,1H3. The summed E-state index contributed by atoms with van der Waals surface area (Å²) in [6, 6.07) is 15.5. The molecule has 2 rings (SSSR count). The molecular weight excluding hydrogens is 220 g/mol. The third-order valence-corrected chi connectivity index (χ3v) is 2.69. The molecule has 0 aliphatic carbocycles. The zero-order valence-corrected chi connectivity index (χ0v) is 9.78. The minimum absolute atomic E-state index is 0.730. The van der Waals surface area contributed by atoms with E-state index in [0.717, 1.165) is 22.1 Å². The Labute approximate surface area is 100 Å². The second-order valence-corrected chi connectivity index (χ2v) is 4.07. The largest absolute Gasteiger partial charge is 0.399 e. The third kappa shape index (κ3) is 2.28. The SMILES string of the molecule is CN(c1cccc(N)c1)c1cccc(Cl)c1. The van der Waals surface area contributed by atoms with Gasteiger partial charge in [0.1, 0.15) is 0 Å². The highest BCUT2D eigenvalue weighted by Gasteiger charge is 2.04. The van der Waals surface area contributed by atoms with Crippen molar-refractivity contribution in [3.05, 3.63) is 53.6 Å². The molecule has 82 valence electrons. The van der Waals surface area contributed by atoms with Crippen LogP contribution in [0.3, 0.4) is 0 Å². The average Bonchev–Trinajstić information content (AvgIpc) is 2.28.